The lowest BCUT2D eigenvalue weighted by atomic mass is 10.3. The van der Waals surface area contributed by atoms with Crippen LogP contribution in [0.15, 0.2) is 23.6 Å². The van der Waals surface area contributed by atoms with Gasteiger partial charge in [-0.3, -0.25) is 0 Å². The Balaban J connectivity index is 2.53. The summed E-state index contributed by atoms with van der Waals surface area (Å²) in [5, 5.41) is 1.15. The summed E-state index contributed by atoms with van der Waals surface area (Å²) in [5.74, 6) is 0. The fourth-order valence-electron chi connectivity index (χ4n) is 0.620. The first-order valence-electron chi connectivity index (χ1n) is 3.89. The fraction of sp³-hybridized carbons (Fsp3) is 0.500. The van der Waals surface area contributed by atoms with E-state index in [1.807, 2.05) is 6.92 Å². The first kappa shape index (κ1) is 9.48. The number of rotatable bonds is 3. The Morgan fingerprint density at radius 1 is 1.33 bits per heavy atom. The molecule has 1 aromatic heterocycles. The van der Waals surface area contributed by atoms with Crippen LogP contribution in [-0.4, -0.2) is 21.3 Å². The predicted octanol–water partition coefficient (Wildman–Crippen LogP) is 1.30. The fourth-order valence-corrected chi connectivity index (χ4v) is 1.41. The number of nitrogens with zero attached hydrogens (tertiary/aromatic N) is 2. The minimum absolute atomic E-state index is 0.166. The summed E-state index contributed by atoms with van der Waals surface area (Å²) in [5.41, 5.74) is 5.71. The molecule has 0 saturated heterocycles. The van der Waals surface area contributed by atoms with Gasteiger partial charge in [0.05, 0.1) is 0 Å². The van der Waals surface area contributed by atoms with E-state index in [2.05, 4.69) is 16.9 Å². The molecule has 0 spiro atoms. The molecule has 0 bridgehead atoms. The van der Waals surface area contributed by atoms with E-state index < -0.39 is 0 Å². The summed E-state index contributed by atoms with van der Waals surface area (Å²) < 4.78 is 0. The van der Waals surface area contributed by atoms with Gasteiger partial charge in [0, 0.05) is 23.7 Å². The highest BCUT2D eigenvalue weighted by molar-refractivity contribution is 7.99. The van der Waals surface area contributed by atoms with Gasteiger partial charge >= 0.3 is 0 Å². The lowest BCUT2D eigenvalue weighted by Gasteiger charge is -2.12. The van der Waals surface area contributed by atoms with Crippen LogP contribution in [0.2, 0.25) is 0 Å². The highest BCUT2D eigenvalue weighted by atomic mass is 32.2. The number of hydrogen-bond acceptors (Lipinski definition) is 4. The molecule has 0 aliphatic heterocycles. The van der Waals surface area contributed by atoms with Gasteiger partial charge in [0.25, 0.3) is 0 Å². The highest BCUT2D eigenvalue weighted by Gasteiger charge is 2.09. The summed E-state index contributed by atoms with van der Waals surface area (Å²) in [6.07, 6.45) is 3.48. The first-order valence-corrected chi connectivity index (χ1v) is 4.77. The van der Waals surface area contributed by atoms with Crippen molar-refractivity contribution in [3.8, 4) is 0 Å². The molecular weight excluding hydrogens is 170 g/mol. The van der Waals surface area contributed by atoms with Crippen molar-refractivity contribution >= 4 is 11.8 Å². The Morgan fingerprint density at radius 3 is 2.42 bits per heavy atom. The highest BCUT2D eigenvalue weighted by Crippen LogP contribution is 2.19. The zero-order valence-corrected chi connectivity index (χ0v) is 8.08. The minimum Gasteiger partial charge on any atom is -0.327 e. The van der Waals surface area contributed by atoms with Gasteiger partial charge < -0.3 is 5.73 Å². The van der Waals surface area contributed by atoms with Crippen molar-refractivity contribution in [1.29, 1.82) is 0 Å². The van der Waals surface area contributed by atoms with Crippen LogP contribution in [0, 0.1) is 0 Å². The topological polar surface area (TPSA) is 51.8 Å². The molecule has 0 saturated carbocycles. The molecule has 0 aliphatic rings. The van der Waals surface area contributed by atoms with Crippen molar-refractivity contribution in [2.75, 3.05) is 0 Å². The van der Waals surface area contributed by atoms with Crippen LogP contribution in [0.4, 0.5) is 0 Å². The lowest BCUT2D eigenvalue weighted by Crippen LogP contribution is -2.26. The van der Waals surface area contributed by atoms with Crippen LogP contribution >= 0.6 is 11.8 Å². The van der Waals surface area contributed by atoms with E-state index in [0.29, 0.717) is 5.25 Å². The van der Waals surface area contributed by atoms with Crippen molar-refractivity contribution < 1.29 is 0 Å². The van der Waals surface area contributed by atoms with Crippen molar-refractivity contribution in [3.05, 3.63) is 18.5 Å². The van der Waals surface area contributed by atoms with Gasteiger partial charge in [0.2, 0.25) is 0 Å². The van der Waals surface area contributed by atoms with Crippen molar-refractivity contribution in [2.45, 2.75) is 30.3 Å². The Kier molecular flexibility index (Phi) is 3.49. The Bertz CT molecular complexity index is 225. The second-order valence-corrected chi connectivity index (χ2v) is 4.06. The average molecular weight is 183 g/mol. The van der Waals surface area contributed by atoms with E-state index in [1.54, 1.807) is 30.2 Å². The van der Waals surface area contributed by atoms with Crippen LogP contribution < -0.4 is 5.73 Å². The Morgan fingerprint density at radius 2 is 1.92 bits per heavy atom. The van der Waals surface area contributed by atoms with E-state index in [-0.39, 0.29) is 6.04 Å². The predicted molar refractivity (Wildman–Crippen MR) is 51.0 cm³/mol. The normalized spacial score (nSPS) is 15.6. The van der Waals surface area contributed by atoms with Gasteiger partial charge in [-0.1, -0.05) is 18.7 Å². The van der Waals surface area contributed by atoms with Gasteiger partial charge in [0.1, 0.15) is 0 Å². The second-order valence-electron chi connectivity index (χ2n) is 2.71. The van der Waals surface area contributed by atoms with Crippen molar-refractivity contribution in [1.82, 2.24) is 9.97 Å². The summed E-state index contributed by atoms with van der Waals surface area (Å²) in [7, 11) is 0. The van der Waals surface area contributed by atoms with Crippen LogP contribution in [0.25, 0.3) is 0 Å². The zero-order valence-electron chi connectivity index (χ0n) is 7.27. The molecule has 0 radical (unpaired) electrons. The molecule has 0 amide bonds. The molecule has 1 rings (SSSR count). The molecule has 0 aromatic carbocycles. The molecule has 0 aliphatic carbocycles. The largest absolute Gasteiger partial charge is 0.327 e. The Hall–Kier alpha value is -0.610. The molecule has 1 heterocycles. The van der Waals surface area contributed by atoms with Gasteiger partial charge in [0.15, 0.2) is 5.16 Å². The number of aromatic nitrogens is 2. The molecule has 66 valence electrons. The zero-order chi connectivity index (χ0) is 8.97. The van der Waals surface area contributed by atoms with Crippen molar-refractivity contribution in [3.63, 3.8) is 0 Å². The van der Waals surface area contributed by atoms with E-state index in [9.17, 15) is 0 Å². The van der Waals surface area contributed by atoms with Gasteiger partial charge in [-0.25, -0.2) is 9.97 Å². The molecule has 1 aromatic rings. The van der Waals surface area contributed by atoms with E-state index >= 15 is 0 Å². The molecule has 4 heteroatoms. The summed E-state index contributed by atoms with van der Waals surface area (Å²) in [6.45, 7) is 4.06. The van der Waals surface area contributed by atoms with Crippen LogP contribution in [0.5, 0.6) is 0 Å². The molecule has 2 N–H and O–H groups in total. The standard InChI is InChI=1S/C8H13N3S/c1-6(9)7(2)12-8-10-4-3-5-11-8/h3-7H,9H2,1-2H3. The Labute approximate surface area is 76.8 Å². The summed E-state index contributed by atoms with van der Waals surface area (Å²) in [4.78, 5) is 8.19. The molecule has 2 unspecified atom stereocenters. The third-order valence-electron chi connectivity index (χ3n) is 1.57. The number of hydrogen-bond donors (Lipinski definition) is 1. The monoisotopic (exact) mass is 183 g/mol. The molecule has 2 atom stereocenters. The van der Waals surface area contributed by atoms with E-state index in [1.165, 1.54) is 0 Å². The molecule has 12 heavy (non-hydrogen) atoms. The number of nitrogens with two attached hydrogens (primary N) is 1. The van der Waals surface area contributed by atoms with Crippen LogP contribution in [0.1, 0.15) is 13.8 Å². The van der Waals surface area contributed by atoms with E-state index in [4.69, 9.17) is 5.73 Å². The number of thioether (sulfide) groups is 1. The lowest BCUT2D eigenvalue weighted by molar-refractivity contribution is 0.727. The van der Waals surface area contributed by atoms with Gasteiger partial charge in [-0.05, 0) is 13.0 Å². The maximum absolute atomic E-state index is 5.71. The van der Waals surface area contributed by atoms with Crippen LogP contribution in [0.3, 0.4) is 0 Å². The quantitative estimate of drug-likeness (QED) is 0.567. The average Bonchev–Trinajstić information content (AvgIpc) is 2.06. The van der Waals surface area contributed by atoms with Gasteiger partial charge in [-0.15, -0.1) is 0 Å². The smallest absolute Gasteiger partial charge is 0.187 e. The SMILES string of the molecule is CC(N)C(C)Sc1ncccn1. The molecule has 0 fully saturated rings. The third-order valence-corrected chi connectivity index (χ3v) is 2.80. The maximum atomic E-state index is 5.71. The first-order chi connectivity index (χ1) is 5.70. The van der Waals surface area contributed by atoms with E-state index in [0.717, 1.165) is 5.16 Å². The molecule has 3 nitrogen and oxygen atoms in total. The second kappa shape index (κ2) is 4.42. The minimum atomic E-state index is 0.166. The van der Waals surface area contributed by atoms with Gasteiger partial charge in [-0.2, -0.15) is 0 Å². The van der Waals surface area contributed by atoms with Crippen molar-refractivity contribution in [2.24, 2.45) is 5.73 Å². The summed E-state index contributed by atoms with van der Waals surface area (Å²) in [6, 6.07) is 1.97. The maximum Gasteiger partial charge on any atom is 0.187 e. The van der Waals surface area contributed by atoms with Crippen LogP contribution in [-0.2, 0) is 0 Å². The molecular formula is C8H13N3S. The third kappa shape index (κ3) is 2.79. The summed E-state index contributed by atoms with van der Waals surface area (Å²) >= 11 is 1.60.